The first-order valence-electron chi connectivity index (χ1n) is 9.74. The highest BCUT2D eigenvalue weighted by atomic mass is 19.1. The average molecular weight is 428 g/mol. The number of hydrogen-bond donors (Lipinski definition) is 0. The molecule has 0 saturated carbocycles. The van der Waals surface area contributed by atoms with E-state index in [2.05, 4.69) is 15.3 Å². The van der Waals surface area contributed by atoms with E-state index in [9.17, 15) is 4.79 Å². The summed E-state index contributed by atoms with van der Waals surface area (Å²) in [7, 11) is 1.52. The average Bonchev–Trinajstić information content (AvgIpc) is 3.50. The van der Waals surface area contributed by atoms with Gasteiger partial charge in [0.1, 0.15) is 5.69 Å². The number of rotatable bonds is 5. The maximum atomic E-state index is 15.0. The fourth-order valence-corrected chi connectivity index (χ4v) is 3.43. The molecule has 0 N–H and O–H groups in total. The van der Waals surface area contributed by atoms with Crippen LogP contribution in [0.1, 0.15) is 0 Å². The molecule has 0 fully saturated rings. The summed E-state index contributed by atoms with van der Waals surface area (Å²) in [5, 5.41) is 12.9. The molecular formula is C23H17FN6O2. The molecule has 0 saturated heterocycles. The molecule has 5 rings (SSSR count). The number of para-hydroxylation sites is 1. The maximum absolute atomic E-state index is 15.0. The molecule has 5 aromatic rings. The molecule has 0 radical (unpaired) electrons. The van der Waals surface area contributed by atoms with Crippen LogP contribution in [0, 0.1) is 5.82 Å². The molecule has 0 bridgehead atoms. The summed E-state index contributed by atoms with van der Waals surface area (Å²) in [5.41, 5.74) is 1.84. The van der Waals surface area contributed by atoms with Crippen molar-refractivity contribution in [2.75, 3.05) is 7.11 Å². The van der Waals surface area contributed by atoms with Gasteiger partial charge in [0.2, 0.25) is 11.3 Å². The molecule has 0 atom stereocenters. The van der Waals surface area contributed by atoms with Crippen molar-refractivity contribution in [3.63, 3.8) is 0 Å². The van der Waals surface area contributed by atoms with E-state index >= 15 is 4.39 Å². The van der Waals surface area contributed by atoms with Crippen LogP contribution in [-0.2, 0) is 0 Å². The quantitative estimate of drug-likeness (QED) is 0.429. The van der Waals surface area contributed by atoms with Crippen molar-refractivity contribution in [2.24, 2.45) is 0 Å². The molecule has 0 spiro atoms. The van der Waals surface area contributed by atoms with Crippen LogP contribution in [0.4, 0.5) is 4.39 Å². The predicted molar refractivity (Wildman–Crippen MR) is 116 cm³/mol. The Morgan fingerprint density at radius 3 is 2.44 bits per heavy atom. The Bertz CT molecular complexity index is 1450. The summed E-state index contributed by atoms with van der Waals surface area (Å²) in [6, 6.07) is 18.7. The van der Waals surface area contributed by atoms with Crippen LogP contribution >= 0.6 is 0 Å². The van der Waals surface area contributed by atoms with Gasteiger partial charge in [0, 0.05) is 24.4 Å². The lowest BCUT2D eigenvalue weighted by atomic mass is 10.2. The highest BCUT2D eigenvalue weighted by molar-refractivity contribution is 5.57. The smallest absolute Gasteiger partial charge is 0.216 e. The highest BCUT2D eigenvalue weighted by Gasteiger charge is 2.15. The van der Waals surface area contributed by atoms with Gasteiger partial charge in [-0.2, -0.15) is 15.3 Å². The van der Waals surface area contributed by atoms with Gasteiger partial charge in [-0.05, 0) is 30.3 Å². The van der Waals surface area contributed by atoms with E-state index in [4.69, 9.17) is 4.74 Å². The monoisotopic (exact) mass is 428 g/mol. The second-order valence-corrected chi connectivity index (χ2v) is 6.86. The number of ether oxygens (including phenoxy) is 1. The normalized spacial score (nSPS) is 10.9. The van der Waals surface area contributed by atoms with Gasteiger partial charge in [-0.25, -0.2) is 18.4 Å². The standard InChI is InChI=1S/C23H17FN6O2/c1-32-22-10-13-26-30(22)17-7-8-19(18(24)15-17)28-14-11-21(31)23(27-28)20-9-12-25-29(20)16-5-3-2-4-6-16/h2-15H,1H3. The Morgan fingerprint density at radius 1 is 0.875 bits per heavy atom. The zero-order chi connectivity index (χ0) is 22.1. The molecule has 32 heavy (non-hydrogen) atoms. The first-order valence-corrected chi connectivity index (χ1v) is 9.74. The molecular weight excluding hydrogens is 411 g/mol. The van der Waals surface area contributed by atoms with Crippen LogP contribution in [-0.4, -0.2) is 36.5 Å². The maximum Gasteiger partial charge on any atom is 0.216 e. The summed E-state index contributed by atoms with van der Waals surface area (Å²) >= 11 is 0. The van der Waals surface area contributed by atoms with Crippen molar-refractivity contribution in [3.8, 4) is 34.3 Å². The van der Waals surface area contributed by atoms with Crippen molar-refractivity contribution in [1.29, 1.82) is 0 Å². The van der Waals surface area contributed by atoms with Crippen molar-refractivity contribution in [1.82, 2.24) is 29.3 Å². The Balaban J connectivity index is 1.57. The predicted octanol–water partition coefficient (Wildman–Crippen LogP) is 3.42. The first kappa shape index (κ1) is 19.4. The fraction of sp³-hybridized carbons (Fsp3) is 0.0435. The van der Waals surface area contributed by atoms with Gasteiger partial charge in [-0.3, -0.25) is 4.79 Å². The van der Waals surface area contributed by atoms with Gasteiger partial charge >= 0.3 is 0 Å². The van der Waals surface area contributed by atoms with Gasteiger partial charge in [0.15, 0.2) is 11.5 Å². The second-order valence-electron chi connectivity index (χ2n) is 6.86. The number of methoxy groups -OCH3 is 1. The molecule has 0 unspecified atom stereocenters. The number of hydrogen-bond acceptors (Lipinski definition) is 5. The minimum atomic E-state index is -0.529. The zero-order valence-corrected chi connectivity index (χ0v) is 17.0. The van der Waals surface area contributed by atoms with Crippen LogP contribution in [0.2, 0.25) is 0 Å². The Labute approximate surface area is 181 Å². The van der Waals surface area contributed by atoms with E-state index in [1.54, 1.807) is 41.3 Å². The molecule has 0 aliphatic heterocycles. The minimum absolute atomic E-state index is 0.158. The lowest BCUT2D eigenvalue weighted by molar-refractivity contribution is 0.383. The Kier molecular flexibility index (Phi) is 4.83. The molecule has 158 valence electrons. The van der Waals surface area contributed by atoms with Crippen LogP contribution in [0.3, 0.4) is 0 Å². The van der Waals surface area contributed by atoms with Crippen LogP contribution in [0.5, 0.6) is 5.88 Å². The summed E-state index contributed by atoms with van der Waals surface area (Å²) in [6.45, 7) is 0. The minimum Gasteiger partial charge on any atom is -0.481 e. The topological polar surface area (TPSA) is 79.8 Å². The van der Waals surface area contributed by atoms with Crippen molar-refractivity contribution in [3.05, 3.63) is 101 Å². The third-order valence-corrected chi connectivity index (χ3v) is 4.93. The zero-order valence-electron chi connectivity index (χ0n) is 17.0. The molecule has 2 aromatic carbocycles. The summed E-state index contributed by atoms with van der Waals surface area (Å²) < 4.78 is 24.7. The van der Waals surface area contributed by atoms with E-state index in [-0.39, 0.29) is 16.8 Å². The molecule has 8 nitrogen and oxygen atoms in total. The summed E-state index contributed by atoms with van der Waals surface area (Å²) in [4.78, 5) is 12.6. The number of benzene rings is 2. The van der Waals surface area contributed by atoms with Crippen LogP contribution in [0.15, 0.2) is 90.1 Å². The molecule has 0 amide bonds. The summed E-state index contributed by atoms with van der Waals surface area (Å²) in [5.74, 6) is -0.0474. The van der Waals surface area contributed by atoms with E-state index < -0.39 is 5.82 Å². The molecule has 3 aromatic heterocycles. The summed E-state index contributed by atoms with van der Waals surface area (Å²) in [6.07, 6.45) is 4.59. The lowest BCUT2D eigenvalue weighted by Gasteiger charge is -2.12. The highest BCUT2D eigenvalue weighted by Crippen LogP contribution is 2.22. The van der Waals surface area contributed by atoms with Gasteiger partial charge in [-0.15, -0.1) is 0 Å². The van der Waals surface area contributed by atoms with E-state index in [1.807, 2.05) is 30.3 Å². The van der Waals surface area contributed by atoms with Gasteiger partial charge in [0.25, 0.3) is 0 Å². The van der Waals surface area contributed by atoms with E-state index in [1.165, 1.54) is 34.8 Å². The van der Waals surface area contributed by atoms with Gasteiger partial charge < -0.3 is 4.74 Å². The third-order valence-electron chi connectivity index (χ3n) is 4.93. The van der Waals surface area contributed by atoms with Gasteiger partial charge in [0.05, 0.1) is 36.6 Å². The van der Waals surface area contributed by atoms with Crippen LogP contribution in [0.25, 0.3) is 28.5 Å². The fourth-order valence-electron chi connectivity index (χ4n) is 3.43. The largest absolute Gasteiger partial charge is 0.481 e. The van der Waals surface area contributed by atoms with Crippen molar-refractivity contribution in [2.45, 2.75) is 0 Å². The molecule has 9 heteroatoms. The lowest BCUT2D eigenvalue weighted by Crippen LogP contribution is -2.15. The molecule has 0 aliphatic carbocycles. The Morgan fingerprint density at radius 2 is 1.66 bits per heavy atom. The number of halogens is 1. The number of aromatic nitrogens is 6. The second kappa shape index (κ2) is 7.95. The first-order chi connectivity index (χ1) is 15.7. The Hall–Kier alpha value is -4.53. The van der Waals surface area contributed by atoms with Gasteiger partial charge in [-0.1, -0.05) is 18.2 Å². The molecule has 0 aliphatic rings. The molecule has 3 heterocycles. The number of nitrogens with zero attached hydrogens (tertiary/aromatic N) is 6. The third kappa shape index (κ3) is 3.35. The SMILES string of the molecule is COc1ccnn1-c1ccc(-n2ccc(=O)c(-c3ccnn3-c3ccccc3)n2)c(F)c1. The van der Waals surface area contributed by atoms with E-state index in [0.29, 0.717) is 17.3 Å². The van der Waals surface area contributed by atoms with E-state index in [0.717, 1.165) is 5.69 Å². The van der Waals surface area contributed by atoms with Crippen molar-refractivity contribution >= 4 is 0 Å². The van der Waals surface area contributed by atoms with Crippen LogP contribution < -0.4 is 10.2 Å². The van der Waals surface area contributed by atoms with Crippen molar-refractivity contribution < 1.29 is 9.13 Å².